The molecule has 1 heteroatoms. The van der Waals surface area contributed by atoms with Crippen LogP contribution < -0.4 is 0 Å². The van der Waals surface area contributed by atoms with Gasteiger partial charge in [-0.2, -0.15) is 0 Å². The zero-order valence-corrected chi connectivity index (χ0v) is 6.59. The molecule has 1 nitrogen and oxygen atoms in total. The first-order valence-electron chi connectivity index (χ1n) is 4.14. The Morgan fingerprint density at radius 1 is 1.20 bits per heavy atom. The summed E-state index contributed by atoms with van der Waals surface area (Å²) >= 11 is 0. The van der Waals surface area contributed by atoms with Gasteiger partial charge < -0.3 is 5.11 Å². The average Bonchev–Trinajstić information content (AvgIpc) is 1.92. The highest BCUT2D eigenvalue weighted by Crippen LogP contribution is 2.18. The molecule has 0 aromatic carbocycles. The molecule has 0 saturated heterocycles. The second-order valence-electron chi connectivity index (χ2n) is 3.17. The number of hydrogen-bond donors (Lipinski definition) is 1. The Morgan fingerprint density at radius 3 is 2.50 bits per heavy atom. The Kier molecular flexibility index (Phi) is 2.94. The molecule has 0 fully saturated rings. The van der Waals surface area contributed by atoms with Crippen molar-refractivity contribution >= 4 is 0 Å². The van der Waals surface area contributed by atoms with Crippen molar-refractivity contribution in [2.24, 2.45) is 5.92 Å². The van der Waals surface area contributed by atoms with E-state index >= 15 is 0 Å². The fourth-order valence-corrected chi connectivity index (χ4v) is 1.34. The zero-order chi connectivity index (χ0) is 7.40. The summed E-state index contributed by atoms with van der Waals surface area (Å²) in [5, 5.41) is 9.45. The number of hydrogen-bond acceptors (Lipinski definition) is 1. The van der Waals surface area contributed by atoms with Gasteiger partial charge in [0.25, 0.3) is 0 Å². The predicted molar refractivity (Wildman–Crippen MR) is 42.8 cm³/mol. The SMILES string of the molecule is CC1CC/C=C\CCC1O. The predicted octanol–water partition coefficient (Wildman–Crippen LogP) is 2.11. The highest BCUT2D eigenvalue weighted by atomic mass is 16.3. The van der Waals surface area contributed by atoms with Crippen LogP contribution in [0.1, 0.15) is 32.6 Å². The van der Waals surface area contributed by atoms with Crippen LogP contribution in [-0.4, -0.2) is 11.2 Å². The second kappa shape index (κ2) is 3.77. The van der Waals surface area contributed by atoms with Gasteiger partial charge in [-0.3, -0.25) is 0 Å². The van der Waals surface area contributed by atoms with Crippen molar-refractivity contribution in [3.8, 4) is 0 Å². The highest BCUT2D eigenvalue weighted by molar-refractivity contribution is 4.86. The lowest BCUT2D eigenvalue weighted by Crippen LogP contribution is -2.17. The largest absolute Gasteiger partial charge is 0.393 e. The first kappa shape index (κ1) is 7.80. The van der Waals surface area contributed by atoms with Gasteiger partial charge in [0.1, 0.15) is 0 Å². The van der Waals surface area contributed by atoms with Crippen molar-refractivity contribution in [3.05, 3.63) is 12.2 Å². The number of aliphatic hydroxyl groups excluding tert-OH is 1. The van der Waals surface area contributed by atoms with Gasteiger partial charge in [0.15, 0.2) is 0 Å². The van der Waals surface area contributed by atoms with E-state index in [9.17, 15) is 5.11 Å². The summed E-state index contributed by atoms with van der Waals surface area (Å²) in [4.78, 5) is 0. The first-order valence-corrected chi connectivity index (χ1v) is 4.14. The molecule has 0 aromatic rings. The molecule has 2 atom stereocenters. The minimum absolute atomic E-state index is 0.0649. The van der Waals surface area contributed by atoms with Gasteiger partial charge in [0.2, 0.25) is 0 Å². The topological polar surface area (TPSA) is 20.2 Å². The molecule has 0 heterocycles. The lowest BCUT2D eigenvalue weighted by molar-refractivity contribution is 0.103. The maximum atomic E-state index is 9.45. The summed E-state index contributed by atoms with van der Waals surface area (Å²) in [5.74, 6) is 0.491. The van der Waals surface area contributed by atoms with E-state index in [-0.39, 0.29) is 6.10 Å². The Morgan fingerprint density at radius 2 is 1.80 bits per heavy atom. The Labute approximate surface area is 62.8 Å². The van der Waals surface area contributed by atoms with Gasteiger partial charge in [-0.05, 0) is 31.6 Å². The van der Waals surface area contributed by atoms with Gasteiger partial charge in [-0.1, -0.05) is 19.1 Å². The van der Waals surface area contributed by atoms with Crippen molar-refractivity contribution < 1.29 is 5.11 Å². The quantitative estimate of drug-likeness (QED) is 0.511. The van der Waals surface area contributed by atoms with Crippen LogP contribution in [0.5, 0.6) is 0 Å². The second-order valence-corrected chi connectivity index (χ2v) is 3.17. The lowest BCUT2D eigenvalue weighted by Gasteiger charge is -2.18. The molecule has 0 amide bonds. The van der Waals surface area contributed by atoms with E-state index in [4.69, 9.17) is 0 Å². The van der Waals surface area contributed by atoms with Crippen LogP contribution in [0.3, 0.4) is 0 Å². The molecule has 0 saturated carbocycles. The molecule has 0 radical (unpaired) electrons. The molecule has 2 unspecified atom stereocenters. The fraction of sp³-hybridized carbons (Fsp3) is 0.778. The third-order valence-electron chi connectivity index (χ3n) is 2.24. The highest BCUT2D eigenvalue weighted by Gasteiger charge is 2.13. The van der Waals surface area contributed by atoms with E-state index < -0.39 is 0 Å². The standard InChI is InChI=1S/C9H16O/c1-8-6-4-2-3-5-7-9(8)10/h2-3,8-10H,4-7H2,1H3/b3-2-. The fourth-order valence-electron chi connectivity index (χ4n) is 1.34. The molecule has 0 bridgehead atoms. The third kappa shape index (κ3) is 2.14. The molecule has 1 rings (SSSR count). The Balaban J connectivity index is 2.40. The molecule has 58 valence electrons. The number of allylic oxidation sites excluding steroid dienone is 2. The summed E-state index contributed by atoms with van der Waals surface area (Å²) in [5.41, 5.74) is 0. The maximum absolute atomic E-state index is 9.45. The van der Waals surface area contributed by atoms with Crippen molar-refractivity contribution in [3.63, 3.8) is 0 Å². The van der Waals surface area contributed by atoms with E-state index in [1.165, 1.54) is 0 Å². The van der Waals surface area contributed by atoms with Crippen LogP contribution in [-0.2, 0) is 0 Å². The Bertz CT molecular complexity index is 104. The minimum Gasteiger partial charge on any atom is -0.393 e. The van der Waals surface area contributed by atoms with E-state index in [2.05, 4.69) is 19.1 Å². The van der Waals surface area contributed by atoms with E-state index in [0.717, 1.165) is 25.7 Å². The molecular weight excluding hydrogens is 124 g/mol. The smallest absolute Gasteiger partial charge is 0.0568 e. The zero-order valence-electron chi connectivity index (χ0n) is 6.59. The average molecular weight is 140 g/mol. The summed E-state index contributed by atoms with van der Waals surface area (Å²) in [6, 6.07) is 0. The van der Waals surface area contributed by atoms with Crippen molar-refractivity contribution in [2.75, 3.05) is 0 Å². The third-order valence-corrected chi connectivity index (χ3v) is 2.24. The van der Waals surface area contributed by atoms with Crippen LogP contribution in [0, 0.1) is 5.92 Å². The van der Waals surface area contributed by atoms with Crippen LogP contribution in [0.15, 0.2) is 12.2 Å². The summed E-state index contributed by atoms with van der Waals surface area (Å²) in [6.45, 7) is 2.13. The van der Waals surface area contributed by atoms with Gasteiger partial charge in [0.05, 0.1) is 6.10 Å². The monoisotopic (exact) mass is 140 g/mol. The van der Waals surface area contributed by atoms with Gasteiger partial charge >= 0.3 is 0 Å². The molecule has 10 heavy (non-hydrogen) atoms. The van der Waals surface area contributed by atoms with Crippen molar-refractivity contribution in [2.45, 2.75) is 38.7 Å². The molecule has 1 aliphatic carbocycles. The first-order chi connectivity index (χ1) is 4.80. The van der Waals surface area contributed by atoms with Crippen LogP contribution in [0.25, 0.3) is 0 Å². The molecular formula is C9H16O. The van der Waals surface area contributed by atoms with Crippen molar-refractivity contribution in [1.29, 1.82) is 0 Å². The van der Waals surface area contributed by atoms with E-state index in [1.807, 2.05) is 0 Å². The summed E-state index contributed by atoms with van der Waals surface area (Å²) in [6.07, 6.45) is 8.60. The van der Waals surface area contributed by atoms with Gasteiger partial charge in [-0.25, -0.2) is 0 Å². The van der Waals surface area contributed by atoms with Crippen LogP contribution >= 0.6 is 0 Å². The number of aliphatic hydroxyl groups is 1. The Hall–Kier alpha value is -0.300. The summed E-state index contributed by atoms with van der Waals surface area (Å²) in [7, 11) is 0. The van der Waals surface area contributed by atoms with Crippen LogP contribution in [0.4, 0.5) is 0 Å². The normalized spacial score (nSPS) is 38.2. The maximum Gasteiger partial charge on any atom is 0.0568 e. The summed E-state index contributed by atoms with van der Waals surface area (Å²) < 4.78 is 0. The minimum atomic E-state index is -0.0649. The van der Waals surface area contributed by atoms with Gasteiger partial charge in [0, 0.05) is 0 Å². The molecule has 0 spiro atoms. The van der Waals surface area contributed by atoms with Crippen LogP contribution in [0.2, 0.25) is 0 Å². The van der Waals surface area contributed by atoms with Gasteiger partial charge in [-0.15, -0.1) is 0 Å². The number of rotatable bonds is 0. The lowest BCUT2D eigenvalue weighted by atomic mass is 9.93. The molecule has 1 N–H and O–H groups in total. The molecule has 0 aromatic heterocycles. The molecule has 0 aliphatic heterocycles. The van der Waals surface area contributed by atoms with Crippen molar-refractivity contribution in [1.82, 2.24) is 0 Å². The van der Waals surface area contributed by atoms with E-state index in [1.54, 1.807) is 0 Å². The van der Waals surface area contributed by atoms with E-state index in [0.29, 0.717) is 5.92 Å². The molecule has 1 aliphatic rings.